The van der Waals surface area contributed by atoms with Crippen LogP contribution in [0.1, 0.15) is 32.8 Å². The minimum atomic E-state index is -3.66. The highest BCUT2D eigenvalue weighted by molar-refractivity contribution is 7.92. The predicted molar refractivity (Wildman–Crippen MR) is 112 cm³/mol. The van der Waals surface area contributed by atoms with Crippen LogP contribution in [0, 0.1) is 0 Å². The van der Waals surface area contributed by atoms with E-state index in [9.17, 15) is 8.42 Å². The highest BCUT2D eigenvalue weighted by atomic mass is 32.2. The maximum atomic E-state index is 12.6. The number of sulfonamides is 1. The lowest BCUT2D eigenvalue weighted by atomic mass is 9.87. The summed E-state index contributed by atoms with van der Waals surface area (Å²) in [5.74, 6) is 0.300. The molecule has 0 unspecified atom stereocenters. The third-order valence-corrected chi connectivity index (χ3v) is 5.51. The van der Waals surface area contributed by atoms with Gasteiger partial charge >= 0.3 is 0 Å². The zero-order chi connectivity index (χ0) is 20.1. The first-order valence-electron chi connectivity index (χ1n) is 9.06. The molecular formula is C20H30N4O2S. The van der Waals surface area contributed by atoms with E-state index in [1.54, 1.807) is 24.4 Å². The van der Waals surface area contributed by atoms with Gasteiger partial charge in [-0.3, -0.25) is 4.72 Å². The molecule has 6 nitrogen and oxygen atoms in total. The maximum absolute atomic E-state index is 12.6. The second-order valence-corrected chi connectivity index (χ2v) is 9.58. The summed E-state index contributed by atoms with van der Waals surface area (Å²) < 4.78 is 27.6. The first-order chi connectivity index (χ1) is 12.6. The van der Waals surface area contributed by atoms with Gasteiger partial charge in [0.1, 0.15) is 5.82 Å². The number of benzene rings is 1. The molecule has 0 spiro atoms. The summed E-state index contributed by atoms with van der Waals surface area (Å²) in [6.07, 6.45) is 2.65. The molecule has 2 N–H and O–H groups in total. The molecule has 148 valence electrons. The zero-order valence-corrected chi connectivity index (χ0v) is 17.6. The summed E-state index contributed by atoms with van der Waals surface area (Å²) >= 11 is 0. The van der Waals surface area contributed by atoms with Crippen LogP contribution >= 0.6 is 0 Å². The topological polar surface area (TPSA) is 74.3 Å². The van der Waals surface area contributed by atoms with Gasteiger partial charge in [-0.25, -0.2) is 13.4 Å². The van der Waals surface area contributed by atoms with Gasteiger partial charge in [-0.05, 0) is 62.3 Å². The van der Waals surface area contributed by atoms with E-state index in [2.05, 4.69) is 40.7 Å². The summed E-state index contributed by atoms with van der Waals surface area (Å²) in [7, 11) is 0.424. The van der Waals surface area contributed by atoms with Crippen molar-refractivity contribution in [3.63, 3.8) is 0 Å². The Morgan fingerprint density at radius 3 is 2.22 bits per heavy atom. The van der Waals surface area contributed by atoms with Crippen LogP contribution in [0.3, 0.4) is 0 Å². The summed E-state index contributed by atoms with van der Waals surface area (Å²) in [6, 6.07) is 10.4. The first kappa shape index (κ1) is 21.2. The van der Waals surface area contributed by atoms with Gasteiger partial charge in [-0.2, -0.15) is 0 Å². The molecule has 0 bridgehead atoms. The second kappa shape index (κ2) is 8.71. The van der Waals surface area contributed by atoms with Crippen molar-refractivity contribution in [3.05, 3.63) is 48.2 Å². The molecule has 0 saturated heterocycles. The maximum Gasteiger partial charge on any atom is 0.263 e. The molecule has 1 aromatic heterocycles. The Bertz CT molecular complexity index is 824. The van der Waals surface area contributed by atoms with Crippen molar-refractivity contribution in [2.75, 3.05) is 37.2 Å². The van der Waals surface area contributed by atoms with Gasteiger partial charge in [0, 0.05) is 6.54 Å². The minimum absolute atomic E-state index is 0.0212. The highest BCUT2D eigenvalue weighted by Gasteiger charge is 2.18. The van der Waals surface area contributed by atoms with Crippen LogP contribution in [0.4, 0.5) is 11.5 Å². The van der Waals surface area contributed by atoms with Gasteiger partial charge in [-0.1, -0.05) is 32.9 Å². The normalized spacial score (nSPS) is 12.2. The fraction of sp³-hybridized carbons (Fsp3) is 0.450. The number of pyridine rings is 1. The van der Waals surface area contributed by atoms with Gasteiger partial charge in [0.05, 0.1) is 16.8 Å². The molecule has 0 saturated carbocycles. The van der Waals surface area contributed by atoms with E-state index in [4.69, 9.17) is 0 Å². The Balaban J connectivity index is 1.99. The quantitative estimate of drug-likeness (QED) is 0.675. The van der Waals surface area contributed by atoms with E-state index in [0.29, 0.717) is 5.82 Å². The van der Waals surface area contributed by atoms with Crippen LogP contribution in [0.5, 0.6) is 0 Å². The molecule has 0 aliphatic carbocycles. The van der Waals surface area contributed by atoms with Crippen LogP contribution in [0.15, 0.2) is 47.5 Å². The van der Waals surface area contributed by atoms with Crippen LogP contribution in [-0.4, -0.2) is 45.5 Å². The van der Waals surface area contributed by atoms with Crippen molar-refractivity contribution in [3.8, 4) is 0 Å². The molecule has 0 aliphatic rings. The Kier molecular flexibility index (Phi) is 6.84. The molecular weight excluding hydrogens is 360 g/mol. The molecule has 27 heavy (non-hydrogen) atoms. The lowest BCUT2D eigenvalue weighted by Crippen LogP contribution is -2.16. The molecule has 2 aromatic rings. The van der Waals surface area contributed by atoms with Gasteiger partial charge < -0.3 is 10.2 Å². The lowest BCUT2D eigenvalue weighted by Gasteiger charge is -2.19. The van der Waals surface area contributed by atoms with Crippen molar-refractivity contribution in [2.45, 2.75) is 37.5 Å². The number of nitrogens with one attached hydrogen (secondary N) is 2. The average Bonchev–Trinajstić information content (AvgIpc) is 2.59. The van der Waals surface area contributed by atoms with E-state index >= 15 is 0 Å². The Morgan fingerprint density at radius 2 is 1.70 bits per heavy atom. The summed E-state index contributed by atoms with van der Waals surface area (Å²) in [4.78, 5) is 6.55. The third-order valence-electron chi connectivity index (χ3n) is 4.14. The van der Waals surface area contributed by atoms with Gasteiger partial charge in [0.25, 0.3) is 10.0 Å². The van der Waals surface area contributed by atoms with Crippen molar-refractivity contribution in [1.82, 2.24) is 9.88 Å². The highest BCUT2D eigenvalue weighted by Crippen LogP contribution is 2.24. The number of rotatable bonds is 8. The van der Waals surface area contributed by atoms with Crippen molar-refractivity contribution >= 4 is 21.5 Å². The molecule has 7 heteroatoms. The van der Waals surface area contributed by atoms with E-state index in [1.807, 2.05) is 32.3 Å². The first-order valence-corrected chi connectivity index (χ1v) is 10.5. The van der Waals surface area contributed by atoms with Gasteiger partial charge in [-0.15, -0.1) is 0 Å². The molecule has 1 heterocycles. The van der Waals surface area contributed by atoms with Crippen molar-refractivity contribution in [1.29, 1.82) is 0 Å². The van der Waals surface area contributed by atoms with E-state index in [1.165, 1.54) is 0 Å². The Labute approximate surface area is 163 Å². The van der Waals surface area contributed by atoms with Crippen LogP contribution in [-0.2, 0) is 15.4 Å². The van der Waals surface area contributed by atoms with E-state index in [-0.39, 0.29) is 10.3 Å². The number of anilines is 2. The van der Waals surface area contributed by atoms with E-state index in [0.717, 1.165) is 30.8 Å². The van der Waals surface area contributed by atoms with Crippen LogP contribution in [0.2, 0.25) is 0 Å². The summed E-state index contributed by atoms with van der Waals surface area (Å²) in [6.45, 7) is 8.12. The second-order valence-electron chi connectivity index (χ2n) is 7.90. The van der Waals surface area contributed by atoms with Crippen molar-refractivity contribution in [2.24, 2.45) is 0 Å². The number of nitrogens with zero attached hydrogens (tertiary/aromatic N) is 2. The monoisotopic (exact) mass is 390 g/mol. The predicted octanol–water partition coefficient (Wildman–Crippen LogP) is 3.54. The summed E-state index contributed by atoms with van der Waals surface area (Å²) in [5.41, 5.74) is 1.93. The molecule has 0 atom stereocenters. The third kappa shape index (κ3) is 6.52. The molecule has 0 amide bonds. The largest absolute Gasteiger partial charge is 0.384 e. The van der Waals surface area contributed by atoms with Gasteiger partial charge in [0.2, 0.25) is 0 Å². The molecule has 0 fully saturated rings. The Hall–Kier alpha value is -2.12. The zero-order valence-electron chi connectivity index (χ0n) is 16.8. The SMILES string of the molecule is CN(C)CCCNc1ccc(NS(=O)(=O)c2ccc(C(C)(C)C)cc2)nc1. The lowest BCUT2D eigenvalue weighted by molar-refractivity contribution is 0.405. The van der Waals surface area contributed by atoms with Crippen LogP contribution < -0.4 is 10.0 Å². The standard InChI is InChI=1S/C20H30N4O2S/c1-20(2,3)16-7-10-18(11-8-16)27(25,26)23-19-12-9-17(15-22-19)21-13-6-14-24(4)5/h7-12,15,21H,6,13-14H2,1-5H3,(H,22,23). The summed E-state index contributed by atoms with van der Waals surface area (Å²) in [5, 5.41) is 3.28. The van der Waals surface area contributed by atoms with Gasteiger partial charge in [0.15, 0.2) is 0 Å². The fourth-order valence-corrected chi connectivity index (χ4v) is 3.53. The molecule has 2 rings (SSSR count). The number of hydrogen-bond donors (Lipinski definition) is 2. The number of aromatic nitrogens is 1. The average molecular weight is 391 g/mol. The van der Waals surface area contributed by atoms with Crippen molar-refractivity contribution < 1.29 is 8.42 Å². The smallest absolute Gasteiger partial charge is 0.263 e. The number of hydrogen-bond acceptors (Lipinski definition) is 5. The molecule has 1 aromatic carbocycles. The van der Waals surface area contributed by atoms with E-state index < -0.39 is 10.0 Å². The Morgan fingerprint density at radius 1 is 1.04 bits per heavy atom. The molecule has 0 aliphatic heterocycles. The minimum Gasteiger partial charge on any atom is -0.384 e. The fourth-order valence-electron chi connectivity index (χ4n) is 2.52. The molecule has 0 radical (unpaired) electrons. The van der Waals surface area contributed by atoms with Crippen LogP contribution in [0.25, 0.3) is 0 Å².